The van der Waals surface area contributed by atoms with Crippen molar-refractivity contribution >= 4 is 11.6 Å². The summed E-state index contributed by atoms with van der Waals surface area (Å²) in [6, 6.07) is 6.15. The van der Waals surface area contributed by atoms with Crippen molar-refractivity contribution in [3.05, 3.63) is 29.3 Å². The lowest BCUT2D eigenvalue weighted by atomic mass is 9.77. The van der Waals surface area contributed by atoms with Gasteiger partial charge < -0.3 is 10.6 Å². The second-order valence-electron chi connectivity index (χ2n) is 5.69. The molecule has 1 aliphatic rings. The van der Waals surface area contributed by atoms with E-state index in [1.165, 1.54) is 5.56 Å². The van der Waals surface area contributed by atoms with Crippen molar-refractivity contribution < 1.29 is 4.79 Å². The summed E-state index contributed by atoms with van der Waals surface area (Å²) in [5.41, 5.74) is 3.05. The lowest BCUT2D eigenvalue weighted by Crippen LogP contribution is -2.47. The molecule has 1 heterocycles. The van der Waals surface area contributed by atoms with Crippen LogP contribution in [0.3, 0.4) is 0 Å². The maximum absolute atomic E-state index is 12.6. The molecule has 19 heavy (non-hydrogen) atoms. The number of carbonyl (C=O) groups excluding carboxylic acids is 1. The van der Waals surface area contributed by atoms with Crippen molar-refractivity contribution in [3.8, 4) is 0 Å². The topological polar surface area (TPSA) is 41.1 Å². The van der Waals surface area contributed by atoms with Gasteiger partial charge in [0.25, 0.3) is 0 Å². The van der Waals surface area contributed by atoms with Crippen molar-refractivity contribution in [1.29, 1.82) is 0 Å². The largest absolute Gasteiger partial charge is 0.325 e. The number of nitrogens with one attached hydrogen (secondary N) is 2. The van der Waals surface area contributed by atoms with E-state index in [-0.39, 0.29) is 11.3 Å². The van der Waals surface area contributed by atoms with Crippen LogP contribution in [0.25, 0.3) is 0 Å². The van der Waals surface area contributed by atoms with Crippen LogP contribution in [0.5, 0.6) is 0 Å². The number of anilines is 1. The summed E-state index contributed by atoms with van der Waals surface area (Å²) >= 11 is 0. The van der Waals surface area contributed by atoms with Gasteiger partial charge in [-0.05, 0) is 51.3 Å². The van der Waals surface area contributed by atoms with Crippen molar-refractivity contribution in [2.45, 2.75) is 40.0 Å². The molecular weight excluding hydrogens is 236 g/mol. The predicted molar refractivity (Wildman–Crippen MR) is 79.4 cm³/mol. The number of aryl methyl sites for hydroxylation is 2. The number of hydrogen-bond acceptors (Lipinski definition) is 2. The molecule has 1 amide bonds. The Balaban J connectivity index is 2.15. The van der Waals surface area contributed by atoms with Crippen molar-refractivity contribution in [2.75, 3.05) is 18.4 Å². The average molecular weight is 260 g/mol. The number of rotatable bonds is 3. The smallest absolute Gasteiger partial charge is 0.231 e. The molecular formula is C16H24N2O. The van der Waals surface area contributed by atoms with Gasteiger partial charge in [0, 0.05) is 12.2 Å². The average Bonchev–Trinajstić information content (AvgIpc) is 2.42. The van der Waals surface area contributed by atoms with E-state index in [1.54, 1.807) is 0 Å². The first-order valence-electron chi connectivity index (χ1n) is 7.17. The Bertz CT molecular complexity index is 462. The van der Waals surface area contributed by atoms with Gasteiger partial charge in [0.1, 0.15) is 0 Å². The van der Waals surface area contributed by atoms with Gasteiger partial charge in [0.15, 0.2) is 0 Å². The van der Waals surface area contributed by atoms with Gasteiger partial charge in [-0.3, -0.25) is 4.79 Å². The van der Waals surface area contributed by atoms with Crippen LogP contribution < -0.4 is 10.6 Å². The van der Waals surface area contributed by atoms with E-state index < -0.39 is 0 Å². The highest BCUT2D eigenvalue weighted by molar-refractivity contribution is 5.96. The third kappa shape index (κ3) is 2.98. The quantitative estimate of drug-likeness (QED) is 0.877. The molecule has 3 nitrogen and oxygen atoms in total. The number of benzene rings is 1. The highest BCUT2D eigenvalue weighted by Gasteiger charge is 2.37. The van der Waals surface area contributed by atoms with Crippen LogP contribution in [0.1, 0.15) is 37.3 Å². The zero-order valence-corrected chi connectivity index (χ0v) is 12.2. The lowest BCUT2D eigenvalue weighted by molar-refractivity contribution is -0.126. The minimum absolute atomic E-state index is 0.161. The molecule has 1 saturated heterocycles. The summed E-state index contributed by atoms with van der Waals surface area (Å²) in [6.07, 6.45) is 2.94. The van der Waals surface area contributed by atoms with Crippen LogP contribution >= 0.6 is 0 Å². The molecule has 104 valence electrons. The van der Waals surface area contributed by atoms with Crippen LogP contribution in [-0.2, 0) is 4.79 Å². The zero-order valence-electron chi connectivity index (χ0n) is 12.2. The third-order valence-corrected chi connectivity index (χ3v) is 4.26. The molecule has 1 aliphatic heterocycles. The Morgan fingerprint density at radius 3 is 2.79 bits per heavy atom. The monoisotopic (exact) mass is 260 g/mol. The minimum Gasteiger partial charge on any atom is -0.325 e. The van der Waals surface area contributed by atoms with Crippen molar-refractivity contribution in [2.24, 2.45) is 5.41 Å². The first kappa shape index (κ1) is 14.1. The fourth-order valence-corrected chi connectivity index (χ4v) is 2.83. The van der Waals surface area contributed by atoms with E-state index in [4.69, 9.17) is 0 Å². The standard InChI is InChI=1S/C16H24N2O/c1-4-16(8-5-9-17-11-16)15(19)18-14-7-6-12(2)10-13(14)3/h6-7,10,17H,4-5,8-9,11H2,1-3H3,(H,18,19). The van der Waals surface area contributed by atoms with E-state index in [1.807, 2.05) is 19.1 Å². The summed E-state index contributed by atoms with van der Waals surface area (Å²) in [4.78, 5) is 12.6. The van der Waals surface area contributed by atoms with Gasteiger partial charge >= 0.3 is 0 Å². The molecule has 0 spiro atoms. The first-order valence-corrected chi connectivity index (χ1v) is 7.17. The Morgan fingerprint density at radius 1 is 1.42 bits per heavy atom. The van der Waals surface area contributed by atoms with Gasteiger partial charge in [0.2, 0.25) is 5.91 Å². The number of hydrogen-bond donors (Lipinski definition) is 2. The highest BCUT2D eigenvalue weighted by atomic mass is 16.2. The first-order chi connectivity index (χ1) is 9.07. The van der Waals surface area contributed by atoms with E-state index in [9.17, 15) is 4.79 Å². The molecule has 2 rings (SSSR count). The van der Waals surface area contributed by atoms with Crippen LogP contribution in [0, 0.1) is 19.3 Å². The summed E-state index contributed by atoms with van der Waals surface area (Å²) in [7, 11) is 0. The van der Waals surface area contributed by atoms with E-state index in [2.05, 4.69) is 30.5 Å². The van der Waals surface area contributed by atoms with Crippen molar-refractivity contribution in [3.63, 3.8) is 0 Å². The van der Waals surface area contributed by atoms with Gasteiger partial charge in [-0.15, -0.1) is 0 Å². The molecule has 1 fully saturated rings. The summed E-state index contributed by atoms with van der Waals surface area (Å²) in [5, 5.41) is 6.48. The van der Waals surface area contributed by atoms with Crippen molar-refractivity contribution in [1.82, 2.24) is 5.32 Å². The Labute approximate surface area is 115 Å². The molecule has 1 atom stereocenters. The highest BCUT2D eigenvalue weighted by Crippen LogP contribution is 2.32. The number of amides is 1. The SMILES string of the molecule is CCC1(C(=O)Nc2ccc(C)cc2C)CCCNC1. The molecule has 1 aromatic carbocycles. The number of piperidine rings is 1. The minimum atomic E-state index is -0.240. The third-order valence-electron chi connectivity index (χ3n) is 4.26. The van der Waals surface area contributed by atoms with E-state index >= 15 is 0 Å². The lowest BCUT2D eigenvalue weighted by Gasteiger charge is -2.35. The Hall–Kier alpha value is -1.35. The molecule has 0 saturated carbocycles. The van der Waals surface area contributed by atoms with E-state index in [0.717, 1.165) is 43.6 Å². The fourth-order valence-electron chi connectivity index (χ4n) is 2.83. The van der Waals surface area contributed by atoms with Crippen LogP contribution in [0.2, 0.25) is 0 Å². The number of carbonyl (C=O) groups is 1. The Kier molecular flexibility index (Phi) is 4.25. The second-order valence-corrected chi connectivity index (χ2v) is 5.69. The van der Waals surface area contributed by atoms with Crippen LogP contribution in [0.4, 0.5) is 5.69 Å². The van der Waals surface area contributed by atoms with E-state index in [0.29, 0.717) is 0 Å². The fraction of sp³-hybridized carbons (Fsp3) is 0.562. The molecule has 1 aromatic rings. The second kappa shape index (κ2) is 5.74. The molecule has 2 N–H and O–H groups in total. The summed E-state index contributed by atoms with van der Waals surface area (Å²) in [5.74, 6) is 0.161. The Morgan fingerprint density at radius 2 is 2.21 bits per heavy atom. The molecule has 3 heteroatoms. The zero-order chi connectivity index (χ0) is 13.9. The molecule has 0 aliphatic carbocycles. The molecule has 1 unspecified atom stereocenters. The van der Waals surface area contributed by atoms with Gasteiger partial charge in [-0.2, -0.15) is 0 Å². The van der Waals surface area contributed by atoms with Gasteiger partial charge in [-0.1, -0.05) is 24.6 Å². The summed E-state index contributed by atoms with van der Waals surface area (Å²) < 4.78 is 0. The molecule has 0 radical (unpaired) electrons. The molecule has 0 aromatic heterocycles. The van der Waals surface area contributed by atoms with Gasteiger partial charge in [0.05, 0.1) is 5.41 Å². The normalized spacial score (nSPS) is 23.1. The maximum Gasteiger partial charge on any atom is 0.231 e. The summed E-state index contributed by atoms with van der Waals surface area (Å²) in [6.45, 7) is 8.03. The predicted octanol–water partition coefficient (Wildman–Crippen LogP) is 3.02. The van der Waals surface area contributed by atoms with Gasteiger partial charge in [-0.25, -0.2) is 0 Å². The van der Waals surface area contributed by atoms with Crippen LogP contribution in [-0.4, -0.2) is 19.0 Å². The van der Waals surface area contributed by atoms with Crippen LogP contribution in [0.15, 0.2) is 18.2 Å². The molecule has 0 bridgehead atoms. The maximum atomic E-state index is 12.6.